The normalized spacial score (nSPS) is 12.7. The third-order valence-corrected chi connectivity index (χ3v) is 6.03. The van der Waals surface area contributed by atoms with Gasteiger partial charge in [0.25, 0.3) is 0 Å². The minimum atomic E-state index is -3.27. The van der Waals surface area contributed by atoms with Crippen molar-refractivity contribution in [2.45, 2.75) is 6.61 Å². The van der Waals surface area contributed by atoms with Gasteiger partial charge in [-0.25, -0.2) is 9.97 Å². The molecule has 4 aromatic rings. The zero-order valence-electron chi connectivity index (χ0n) is 26.2. The molecule has 11 heteroatoms. The lowest BCUT2D eigenvalue weighted by Crippen LogP contribution is -2.30. The van der Waals surface area contributed by atoms with Gasteiger partial charge >= 0.3 is 6.61 Å². The maximum absolute atomic E-state index is 13.7. The molecule has 0 aliphatic carbocycles. The molecule has 2 heterocycles. The average Bonchev–Trinajstić information content (AvgIpc) is 3.23. The molecule has 0 fully saturated rings. The van der Waals surface area contributed by atoms with Crippen molar-refractivity contribution in [2.24, 2.45) is 7.05 Å². The molecule has 0 unspecified atom stereocenters. The molecule has 2 N–H and O–H groups in total. The Bertz CT molecular complexity index is 1730. The van der Waals surface area contributed by atoms with Crippen LogP contribution >= 0.6 is 0 Å². The van der Waals surface area contributed by atoms with E-state index in [9.17, 15) is 13.6 Å². The fraction of sp³-hybridized carbons (Fsp3) is 0.233. The number of anilines is 4. The number of para-hydroxylation sites is 1. The quantitative estimate of drug-likeness (QED) is 0.170. The summed E-state index contributed by atoms with van der Waals surface area (Å²) in [7, 11) is 7.09. The number of nitrogens with zero attached hydrogens (tertiary/aromatic N) is 5. The molecular formula is C30H33F2N7O2. The molecule has 0 radical (unpaired) electrons. The van der Waals surface area contributed by atoms with Crippen LogP contribution in [-0.2, 0) is 11.8 Å². The molecule has 0 aliphatic heterocycles. The van der Waals surface area contributed by atoms with Crippen molar-refractivity contribution in [3.05, 3.63) is 79.6 Å². The van der Waals surface area contributed by atoms with E-state index in [1.54, 1.807) is 29.6 Å². The smallest absolute Gasteiger partial charge is 0.387 e. The van der Waals surface area contributed by atoms with Gasteiger partial charge in [0.15, 0.2) is 5.75 Å². The molecule has 0 atom stereocenters. The van der Waals surface area contributed by atoms with Gasteiger partial charge in [-0.1, -0.05) is 36.9 Å². The molecule has 0 bridgehead atoms. The first-order valence-electron chi connectivity index (χ1n) is 14.2. The number of rotatable bonds is 12. The van der Waals surface area contributed by atoms with Crippen LogP contribution in [-0.4, -0.2) is 66.2 Å². The lowest BCUT2D eigenvalue weighted by atomic mass is 10.1. The number of carbonyl (C=O) groups excluding carboxylic acids is 1. The van der Waals surface area contributed by atoms with Gasteiger partial charge < -0.3 is 29.7 Å². The van der Waals surface area contributed by atoms with Crippen molar-refractivity contribution in [3.63, 3.8) is 0 Å². The second-order valence-corrected chi connectivity index (χ2v) is 9.33. The van der Waals surface area contributed by atoms with Gasteiger partial charge in [-0.15, -0.1) is 0 Å². The summed E-state index contributed by atoms with van der Waals surface area (Å²) in [5.41, 5.74) is 1.86. The highest BCUT2D eigenvalue weighted by atomic mass is 19.3. The Morgan fingerprint density at radius 1 is 1.27 bits per heavy atom. The Labute approximate surface area is 242 Å². The van der Waals surface area contributed by atoms with E-state index in [1.807, 2.05) is 43.3 Å². The second-order valence-electron chi connectivity index (χ2n) is 9.33. The van der Waals surface area contributed by atoms with E-state index in [1.165, 1.54) is 24.4 Å². The van der Waals surface area contributed by atoms with Crippen molar-refractivity contribution in [1.82, 2.24) is 19.4 Å². The van der Waals surface area contributed by atoms with E-state index in [-0.39, 0.29) is 29.2 Å². The van der Waals surface area contributed by atoms with Gasteiger partial charge in [0.1, 0.15) is 5.69 Å². The summed E-state index contributed by atoms with van der Waals surface area (Å²) < 4.78 is 59.5. The Balaban J connectivity index is 1.84. The third-order valence-electron chi connectivity index (χ3n) is 6.03. The van der Waals surface area contributed by atoms with Crippen LogP contribution in [0.4, 0.5) is 31.8 Å². The van der Waals surface area contributed by atoms with Gasteiger partial charge in [-0.05, 0) is 32.3 Å². The van der Waals surface area contributed by atoms with Crippen LogP contribution in [0.2, 0.25) is 0 Å². The van der Waals surface area contributed by atoms with Crippen LogP contribution in [0.1, 0.15) is 4.11 Å². The van der Waals surface area contributed by atoms with E-state index < -0.39 is 30.4 Å². The Morgan fingerprint density at radius 3 is 2.78 bits per heavy atom. The molecule has 214 valence electrons. The molecule has 2 aromatic carbocycles. The number of aryl methyl sites for hydroxylation is 1. The maximum Gasteiger partial charge on any atom is 0.387 e. The number of carbonyl (C=O) groups is 1. The van der Waals surface area contributed by atoms with Crippen molar-refractivity contribution < 1.29 is 22.4 Å². The van der Waals surface area contributed by atoms with Crippen molar-refractivity contribution in [3.8, 4) is 17.0 Å². The molecule has 0 spiro atoms. The van der Waals surface area contributed by atoms with Crippen LogP contribution in [0, 0.1) is 0 Å². The van der Waals surface area contributed by atoms with Crippen molar-refractivity contribution in [2.75, 3.05) is 49.8 Å². The number of likely N-dealkylation sites (N-methyl/N-ethyl adjacent to an activating group) is 2. The number of hydrogen-bond acceptors (Lipinski definition) is 7. The molecule has 0 saturated carbocycles. The number of nitrogens with one attached hydrogen (secondary N) is 2. The number of halogens is 2. The molecule has 0 saturated heterocycles. The number of ether oxygens (including phenoxy) is 1. The molecule has 4 rings (SSSR count). The molecule has 1 amide bonds. The highest BCUT2D eigenvalue weighted by Gasteiger charge is 2.21. The Morgan fingerprint density at radius 2 is 2.05 bits per heavy atom. The van der Waals surface area contributed by atoms with Crippen molar-refractivity contribution >= 4 is 39.8 Å². The number of allylic oxidation sites excluding steroid dienone is 2. The van der Waals surface area contributed by atoms with Gasteiger partial charge in [-0.3, -0.25) is 4.79 Å². The first-order valence-corrected chi connectivity index (χ1v) is 12.7. The highest BCUT2D eigenvalue weighted by molar-refractivity contribution is 6.03. The van der Waals surface area contributed by atoms with E-state index in [0.717, 1.165) is 10.9 Å². The zero-order valence-corrected chi connectivity index (χ0v) is 23.2. The fourth-order valence-electron chi connectivity index (χ4n) is 4.16. The monoisotopic (exact) mass is 564 g/mol. The summed E-state index contributed by atoms with van der Waals surface area (Å²) in [6.07, 6.45) is 4.18. The van der Waals surface area contributed by atoms with Crippen LogP contribution in [0.25, 0.3) is 22.2 Å². The Kier molecular flexibility index (Phi) is 8.03. The fourth-order valence-corrected chi connectivity index (χ4v) is 4.16. The summed E-state index contributed by atoms with van der Waals surface area (Å²) >= 11 is 0. The van der Waals surface area contributed by atoms with E-state index in [0.29, 0.717) is 24.3 Å². The van der Waals surface area contributed by atoms with Crippen LogP contribution in [0.5, 0.6) is 5.75 Å². The molecule has 2 aromatic heterocycles. The average molecular weight is 565 g/mol. The van der Waals surface area contributed by atoms with E-state index in [4.69, 9.17) is 8.85 Å². The molecule has 9 nitrogen and oxygen atoms in total. The molecule has 41 heavy (non-hydrogen) atoms. The summed E-state index contributed by atoms with van der Waals surface area (Å²) in [5.74, 6) is -1.29. The number of fused-ring (bicyclic) bond motifs is 1. The maximum atomic E-state index is 13.7. The third kappa shape index (κ3) is 7.25. The lowest BCUT2D eigenvalue weighted by molar-refractivity contribution is -0.111. The number of amides is 1. The standard InChI is InChI=1S/C30H33F2N7O2/c1-6-7-12-27(40)35-24-17-20(18-26(41-29(31)32)28(24)38(4)16-15-37(2)3)34-30-33-14-13-23(36-30)22-19-39(5)25-11-9-8-10-21(22)25/h6-14,17-19,29H,1,15-16H2,2-5H3,(H,35,40)(H,33,34,36)/b12-7+/i12D,18D,19D. The number of hydrogen-bond donors (Lipinski definition) is 2. The number of benzene rings is 2. The van der Waals surface area contributed by atoms with Gasteiger partial charge in [0.05, 0.1) is 15.5 Å². The largest absolute Gasteiger partial charge is 0.432 e. The van der Waals surface area contributed by atoms with Gasteiger partial charge in [0, 0.05) is 73.8 Å². The Hall–Kier alpha value is -4.77. The number of aromatic nitrogens is 3. The van der Waals surface area contributed by atoms with E-state index in [2.05, 4.69) is 27.2 Å². The first kappa shape index (κ1) is 25.2. The van der Waals surface area contributed by atoms with Gasteiger partial charge in [-0.2, -0.15) is 8.78 Å². The second kappa shape index (κ2) is 13.1. The SMILES string of the molecule is [2H]/C(=C\C=C)C(=O)Nc1cc(Nc2nccc(-c3c([2H])n(C)c4ccccc34)n2)c([2H])c(OC(F)F)c1N(C)CCN(C)C. The molecule has 0 aliphatic rings. The summed E-state index contributed by atoms with van der Waals surface area (Å²) in [4.78, 5) is 25.1. The van der Waals surface area contributed by atoms with Gasteiger partial charge in [0.2, 0.25) is 11.9 Å². The predicted molar refractivity (Wildman–Crippen MR) is 160 cm³/mol. The minimum absolute atomic E-state index is 0.0186. The summed E-state index contributed by atoms with van der Waals surface area (Å²) in [6.45, 7) is 1.09. The lowest BCUT2D eigenvalue weighted by Gasteiger charge is -2.27. The number of alkyl halides is 2. The van der Waals surface area contributed by atoms with E-state index >= 15 is 0 Å². The van der Waals surface area contributed by atoms with Crippen LogP contribution in [0.3, 0.4) is 0 Å². The summed E-state index contributed by atoms with van der Waals surface area (Å²) in [5, 5.41) is 6.29. The van der Waals surface area contributed by atoms with Crippen LogP contribution in [0.15, 0.2) is 79.6 Å². The molecular weight excluding hydrogens is 528 g/mol. The van der Waals surface area contributed by atoms with Crippen LogP contribution < -0.4 is 20.3 Å². The highest BCUT2D eigenvalue weighted by Crippen LogP contribution is 2.40. The minimum Gasteiger partial charge on any atom is -0.432 e. The summed E-state index contributed by atoms with van der Waals surface area (Å²) in [6, 6.07) is 9.70. The first-order chi connectivity index (χ1) is 20.9. The predicted octanol–water partition coefficient (Wildman–Crippen LogP) is 5.66. The topological polar surface area (TPSA) is 87.5 Å². The zero-order chi connectivity index (χ0) is 32.1. The van der Waals surface area contributed by atoms with Crippen molar-refractivity contribution in [1.29, 1.82) is 0 Å².